The van der Waals surface area contributed by atoms with E-state index in [1.807, 2.05) is 71.0 Å². The first-order valence-electron chi connectivity index (χ1n) is 18.2. The third-order valence-electron chi connectivity index (χ3n) is 9.39. The summed E-state index contributed by atoms with van der Waals surface area (Å²) in [7, 11) is 2.53. The second-order valence-electron chi connectivity index (χ2n) is 13.9. The number of H-pyrrole nitrogens is 1. The molecule has 0 unspecified atom stereocenters. The van der Waals surface area contributed by atoms with Crippen LogP contribution in [0.2, 0.25) is 0 Å². The van der Waals surface area contributed by atoms with Crippen molar-refractivity contribution in [2.75, 3.05) is 33.9 Å². The number of aromatic amines is 1. The fourth-order valence-electron chi connectivity index (χ4n) is 6.39. The topological polar surface area (TPSA) is 175 Å². The van der Waals surface area contributed by atoms with Crippen LogP contribution in [0.4, 0.5) is 9.59 Å². The van der Waals surface area contributed by atoms with Gasteiger partial charge in [-0.2, -0.15) is 0 Å². The molecule has 14 nitrogen and oxygen atoms in total. The molecular weight excluding hydrogens is 678 g/mol. The van der Waals surface area contributed by atoms with Crippen molar-refractivity contribution in [1.82, 2.24) is 35.7 Å². The molecule has 2 heterocycles. The normalized spacial score (nSPS) is 15.1. The zero-order valence-electron chi connectivity index (χ0n) is 31.7. The number of nitrogens with one attached hydrogen (secondary N) is 4. The maximum Gasteiger partial charge on any atom is 0.407 e. The van der Waals surface area contributed by atoms with Crippen LogP contribution in [-0.4, -0.2) is 102 Å². The van der Waals surface area contributed by atoms with Crippen LogP contribution in [-0.2, 0) is 25.6 Å². The van der Waals surface area contributed by atoms with Crippen molar-refractivity contribution in [3.63, 3.8) is 0 Å². The van der Waals surface area contributed by atoms with Crippen LogP contribution in [0.15, 0.2) is 54.7 Å². The van der Waals surface area contributed by atoms with E-state index in [1.54, 1.807) is 28.1 Å². The largest absolute Gasteiger partial charge is 0.453 e. The average Bonchev–Trinajstić information content (AvgIpc) is 3.84. The number of ether oxygens (including phenoxy) is 2. The smallest absolute Gasteiger partial charge is 0.407 e. The summed E-state index contributed by atoms with van der Waals surface area (Å²) in [6, 6.07) is 13.7. The van der Waals surface area contributed by atoms with Gasteiger partial charge in [0.25, 0.3) is 5.91 Å². The van der Waals surface area contributed by atoms with Crippen LogP contribution in [0.1, 0.15) is 70.1 Å². The van der Waals surface area contributed by atoms with E-state index >= 15 is 0 Å². The van der Waals surface area contributed by atoms with Gasteiger partial charge in [0.05, 0.1) is 32.7 Å². The van der Waals surface area contributed by atoms with Crippen molar-refractivity contribution >= 4 is 29.9 Å². The van der Waals surface area contributed by atoms with Crippen molar-refractivity contribution in [3.05, 3.63) is 66.1 Å². The molecule has 1 aromatic heterocycles. The van der Waals surface area contributed by atoms with Crippen LogP contribution in [0, 0.1) is 11.8 Å². The van der Waals surface area contributed by atoms with Gasteiger partial charge in [-0.1, -0.05) is 71.0 Å². The van der Waals surface area contributed by atoms with Gasteiger partial charge in [0.1, 0.15) is 17.9 Å². The molecule has 53 heavy (non-hydrogen) atoms. The number of methoxy groups -OCH3 is 2. The van der Waals surface area contributed by atoms with Crippen LogP contribution >= 0.6 is 0 Å². The lowest BCUT2D eigenvalue weighted by Gasteiger charge is -2.30. The van der Waals surface area contributed by atoms with Crippen molar-refractivity contribution in [2.45, 2.75) is 78.6 Å². The number of amides is 5. The van der Waals surface area contributed by atoms with Crippen molar-refractivity contribution in [1.29, 1.82) is 0 Å². The second-order valence-corrected chi connectivity index (χ2v) is 13.9. The van der Waals surface area contributed by atoms with Crippen molar-refractivity contribution < 1.29 is 33.4 Å². The zero-order valence-corrected chi connectivity index (χ0v) is 31.7. The van der Waals surface area contributed by atoms with Gasteiger partial charge < -0.3 is 40.2 Å². The number of aromatic nitrogens is 2. The Morgan fingerprint density at radius 1 is 0.868 bits per heavy atom. The summed E-state index contributed by atoms with van der Waals surface area (Å²) < 4.78 is 9.42. The third-order valence-corrected chi connectivity index (χ3v) is 9.39. The van der Waals surface area contributed by atoms with Gasteiger partial charge in [-0.05, 0) is 59.9 Å². The van der Waals surface area contributed by atoms with E-state index in [0.717, 1.165) is 41.6 Å². The number of nitrogens with zero attached hydrogens (tertiary/aromatic N) is 3. The van der Waals surface area contributed by atoms with Crippen molar-refractivity contribution in [3.8, 4) is 22.4 Å². The predicted octanol–water partition coefficient (Wildman–Crippen LogP) is 4.96. The zero-order chi connectivity index (χ0) is 38.7. The Bertz CT molecular complexity index is 1710. The highest BCUT2D eigenvalue weighted by Crippen LogP contribution is 2.25. The quantitative estimate of drug-likeness (QED) is 0.170. The summed E-state index contributed by atoms with van der Waals surface area (Å²) in [5.74, 6) is -0.233. The number of carbonyl (C=O) groups excluding carboxylic acids is 5. The molecule has 3 atom stereocenters. The van der Waals surface area contributed by atoms with E-state index in [9.17, 15) is 24.0 Å². The van der Waals surface area contributed by atoms with Gasteiger partial charge in [0, 0.05) is 31.2 Å². The number of rotatable bonds is 15. The number of imidazole rings is 1. The lowest BCUT2D eigenvalue weighted by Crippen LogP contribution is -2.54. The Morgan fingerprint density at radius 3 is 2.00 bits per heavy atom. The minimum Gasteiger partial charge on any atom is -0.453 e. The summed E-state index contributed by atoms with van der Waals surface area (Å²) in [6.45, 7) is 11.1. The molecule has 1 aliphatic heterocycles. The molecule has 4 rings (SSSR count). The highest BCUT2D eigenvalue weighted by atomic mass is 16.5. The number of benzene rings is 2. The van der Waals surface area contributed by atoms with Crippen LogP contribution < -0.4 is 16.0 Å². The van der Waals surface area contributed by atoms with E-state index in [1.165, 1.54) is 14.2 Å². The highest BCUT2D eigenvalue weighted by Gasteiger charge is 2.36. The summed E-state index contributed by atoms with van der Waals surface area (Å²) >= 11 is 0. The molecule has 1 saturated heterocycles. The molecule has 2 aromatic carbocycles. The van der Waals surface area contributed by atoms with Crippen LogP contribution in [0.3, 0.4) is 0 Å². The number of carbonyl (C=O) groups is 5. The molecule has 0 radical (unpaired) electrons. The Labute approximate surface area is 311 Å². The molecule has 1 aliphatic rings. The van der Waals surface area contributed by atoms with E-state index in [-0.39, 0.29) is 42.1 Å². The predicted molar refractivity (Wildman–Crippen MR) is 201 cm³/mol. The number of alkyl carbamates (subject to hydrolysis) is 2. The fraction of sp³-hybridized carbons (Fsp3) is 0.487. The Kier molecular flexibility index (Phi) is 14.4. The Hall–Kier alpha value is -5.40. The van der Waals surface area contributed by atoms with Crippen LogP contribution in [0.5, 0.6) is 0 Å². The third kappa shape index (κ3) is 10.6. The van der Waals surface area contributed by atoms with E-state index in [2.05, 4.69) is 25.9 Å². The fourth-order valence-corrected chi connectivity index (χ4v) is 6.39. The number of likely N-dealkylation sites (tertiary alicyclic amines) is 1. The van der Waals surface area contributed by atoms with E-state index in [0.29, 0.717) is 31.0 Å². The molecule has 0 aliphatic carbocycles. The lowest BCUT2D eigenvalue weighted by molar-refractivity contribution is -0.135. The molecular formula is C39H53N7O7. The maximum atomic E-state index is 13.4. The van der Waals surface area contributed by atoms with Gasteiger partial charge in [-0.15, -0.1) is 0 Å². The standard InChI is InChI=1S/C39H53N7O7/c1-8-19-45(36(48)33(24(2)3)43-38(50)52-6)23-32-40-22-31(42-32)28-15-11-26(12-16-28)27-13-17-29(18-14-27)35(47)41-21-30-10-9-20-46(30)37(49)34(25(4)5)44-39(51)53-7/h11-18,22,24-25,30,33-34H,8-10,19-21,23H2,1-7H3,(H,40,42)(H,41,47)(H,43,50)(H,44,51)/t30-,33-,34-/m0/s1. The number of hydrogen-bond donors (Lipinski definition) is 4. The van der Waals surface area contributed by atoms with Gasteiger partial charge >= 0.3 is 12.2 Å². The van der Waals surface area contributed by atoms with Gasteiger partial charge in [-0.3, -0.25) is 14.4 Å². The SMILES string of the molecule is CCCN(Cc1ncc(-c2ccc(-c3ccc(C(=O)NC[C@@H]4CCCN4C(=O)[C@@H](NC(=O)OC)C(C)C)cc3)cc2)[nH]1)C(=O)[C@@H](NC(=O)OC)C(C)C. The second kappa shape index (κ2) is 18.9. The number of hydrogen-bond acceptors (Lipinski definition) is 8. The Morgan fingerprint density at radius 2 is 1.43 bits per heavy atom. The Balaban J connectivity index is 1.35. The first-order valence-corrected chi connectivity index (χ1v) is 18.2. The molecule has 14 heteroatoms. The highest BCUT2D eigenvalue weighted by molar-refractivity contribution is 5.95. The van der Waals surface area contributed by atoms with E-state index < -0.39 is 24.3 Å². The summed E-state index contributed by atoms with van der Waals surface area (Å²) in [5, 5.41) is 8.27. The molecule has 3 aromatic rings. The maximum absolute atomic E-state index is 13.4. The lowest BCUT2D eigenvalue weighted by atomic mass is 10.0. The summed E-state index contributed by atoms with van der Waals surface area (Å²) in [4.78, 5) is 74.8. The molecule has 0 spiro atoms. The molecule has 0 bridgehead atoms. The molecule has 286 valence electrons. The van der Waals surface area contributed by atoms with Gasteiger partial charge in [0.2, 0.25) is 11.8 Å². The monoisotopic (exact) mass is 731 g/mol. The summed E-state index contributed by atoms with van der Waals surface area (Å²) in [6.07, 6.45) is 2.76. The average molecular weight is 732 g/mol. The minimum absolute atomic E-state index is 0.126. The van der Waals surface area contributed by atoms with E-state index in [4.69, 9.17) is 9.47 Å². The van der Waals surface area contributed by atoms with Crippen LogP contribution in [0.25, 0.3) is 22.4 Å². The summed E-state index contributed by atoms with van der Waals surface area (Å²) in [5.41, 5.74) is 4.15. The minimum atomic E-state index is -0.721. The first-order chi connectivity index (χ1) is 25.4. The van der Waals surface area contributed by atoms with Gasteiger partial charge in [0.15, 0.2) is 0 Å². The van der Waals surface area contributed by atoms with Crippen molar-refractivity contribution in [2.24, 2.45) is 11.8 Å². The first kappa shape index (κ1) is 40.4. The molecule has 4 N–H and O–H groups in total. The molecule has 5 amide bonds. The molecule has 0 saturated carbocycles. The van der Waals surface area contributed by atoms with Gasteiger partial charge in [-0.25, -0.2) is 14.6 Å². The molecule has 1 fully saturated rings.